The molecule has 0 saturated carbocycles. The van der Waals surface area contributed by atoms with Crippen molar-refractivity contribution in [3.05, 3.63) is 54.6 Å². The van der Waals surface area contributed by atoms with Crippen LogP contribution >= 0.6 is 0 Å². The number of nitrogens with one attached hydrogen (secondary N) is 1. The summed E-state index contributed by atoms with van der Waals surface area (Å²) in [5.41, 5.74) is 9.75. The summed E-state index contributed by atoms with van der Waals surface area (Å²) in [5.74, 6) is 0.547. The van der Waals surface area contributed by atoms with Crippen LogP contribution in [0, 0.1) is 5.92 Å². The van der Waals surface area contributed by atoms with Crippen LogP contribution in [-0.2, 0) is 0 Å². The van der Waals surface area contributed by atoms with Crippen molar-refractivity contribution in [2.45, 2.75) is 26.3 Å². The summed E-state index contributed by atoms with van der Waals surface area (Å²) >= 11 is 0. The van der Waals surface area contributed by atoms with Gasteiger partial charge in [0.05, 0.1) is 0 Å². The standard InChI is InChI=1S/C18H24N2/c1-3-14(2)18(19)13-20-17-11-9-16(10-12-17)15-7-5-4-6-8-15/h4-12,14,18,20H,3,13,19H2,1-2H3. The molecule has 2 heteroatoms. The van der Waals surface area contributed by atoms with E-state index in [1.165, 1.54) is 11.1 Å². The molecule has 0 bridgehead atoms. The summed E-state index contributed by atoms with van der Waals surface area (Å²) in [5, 5.41) is 3.41. The van der Waals surface area contributed by atoms with Crippen molar-refractivity contribution in [3.63, 3.8) is 0 Å². The Morgan fingerprint density at radius 2 is 1.55 bits per heavy atom. The lowest BCUT2D eigenvalue weighted by Crippen LogP contribution is -2.35. The average molecular weight is 268 g/mol. The van der Waals surface area contributed by atoms with Crippen molar-refractivity contribution in [2.75, 3.05) is 11.9 Å². The van der Waals surface area contributed by atoms with E-state index in [1.807, 2.05) is 6.07 Å². The summed E-state index contributed by atoms with van der Waals surface area (Å²) in [6.45, 7) is 5.20. The van der Waals surface area contributed by atoms with Gasteiger partial charge in [-0.05, 0) is 29.2 Å². The van der Waals surface area contributed by atoms with Crippen molar-refractivity contribution in [3.8, 4) is 11.1 Å². The van der Waals surface area contributed by atoms with Gasteiger partial charge in [0.2, 0.25) is 0 Å². The molecule has 2 unspecified atom stereocenters. The van der Waals surface area contributed by atoms with Crippen LogP contribution in [0.25, 0.3) is 11.1 Å². The zero-order chi connectivity index (χ0) is 14.4. The van der Waals surface area contributed by atoms with Crippen molar-refractivity contribution in [1.82, 2.24) is 0 Å². The fraction of sp³-hybridized carbons (Fsp3) is 0.333. The van der Waals surface area contributed by atoms with Gasteiger partial charge >= 0.3 is 0 Å². The highest BCUT2D eigenvalue weighted by Gasteiger charge is 2.09. The fourth-order valence-corrected chi connectivity index (χ4v) is 2.15. The van der Waals surface area contributed by atoms with Gasteiger partial charge in [0.15, 0.2) is 0 Å². The van der Waals surface area contributed by atoms with Crippen LogP contribution in [0.1, 0.15) is 20.3 Å². The lowest BCUT2D eigenvalue weighted by atomic mass is 10.00. The number of benzene rings is 2. The van der Waals surface area contributed by atoms with Gasteiger partial charge in [-0.3, -0.25) is 0 Å². The van der Waals surface area contributed by atoms with Gasteiger partial charge in [0, 0.05) is 18.3 Å². The first-order valence-electron chi connectivity index (χ1n) is 7.35. The Morgan fingerprint density at radius 1 is 0.950 bits per heavy atom. The molecule has 2 aromatic carbocycles. The zero-order valence-electron chi connectivity index (χ0n) is 12.3. The smallest absolute Gasteiger partial charge is 0.0341 e. The van der Waals surface area contributed by atoms with E-state index in [0.29, 0.717) is 5.92 Å². The van der Waals surface area contributed by atoms with Gasteiger partial charge < -0.3 is 11.1 Å². The molecular weight excluding hydrogens is 244 g/mol. The van der Waals surface area contributed by atoms with Gasteiger partial charge in [-0.1, -0.05) is 62.7 Å². The molecule has 0 fully saturated rings. The van der Waals surface area contributed by atoms with Gasteiger partial charge in [-0.15, -0.1) is 0 Å². The lowest BCUT2D eigenvalue weighted by Gasteiger charge is -2.19. The third kappa shape index (κ3) is 3.84. The highest BCUT2D eigenvalue weighted by atomic mass is 14.9. The van der Waals surface area contributed by atoms with Crippen molar-refractivity contribution < 1.29 is 0 Å². The topological polar surface area (TPSA) is 38.0 Å². The van der Waals surface area contributed by atoms with E-state index in [9.17, 15) is 0 Å². The van der Waals surface area contributed by atoms with Crippen LogP contribution in [-0.4, -0.2) is 12.6 Å². The maximum atomic E-state index is 6.13. The summed E-state index contributed by atoms with van der Waals surface area (Å²) < 4.78 is 0. The number of nitrogens with two attached hydrogens (primary N) is 1. The molecule has 0 aliphatic rings. The Morgan fingerprint density at radius 3 is 2.15 bits per heavy atom. The van der Waals surface area contributed by atoms with Crippen LogP contribution in [0.3, 0.4) is 0 Å². The second-order valence-electron chi connectivity index (χ2n) is 5.37. The third-order valence-corrected chi connectivity index (χ3v) is 3.91. The molecule has 3 N–H and O–H groups in total. The monoisotopic (exact) mass is 268 g/mol. The van der Waals surface area contributed by atoms with E-state index in [1.54, 1.807) is 0 Å². The Balaban J connectivity index is 1.95. The molecule has 0 aromatic heterocycles. The maximum Gasteiger partial charge on any atom is 0.0341 e. The summed E-state index contributed by atoms with van der Waals surface area (Å²) in [6, 6.07) is 19.1. The molecule has 2 atom stereocenters. The second kappa shape index (κ2) is 7.11. The third-order valence-electron chi connectivity index (χ3n) is 3.91. The van der Waals surface area contributed by atoms with E-state index in [-0.39, 0.29) is 6.04 Å². The van der Waals surface area contributed by atoms with Crippen LogP contribution < -0.4 is 11.1 Å². The first kappa shape index (κ1) is 14.6. The van der Waals surface area contributed by atoms with E-state index in [2.05, 4.69) is 67.7 Å². The molecule has 0 spiro atoms. The molecule has 2 nitrogen and oxygen atoms in total. The Kier molecular flexibility index (Phi) is 5.19. The SMILES string of the molecule is CCC(C)C(N)CNc1ccc(-c2ccccc2)cc1. The van der Waals surface area contributed by atoms with Gasteiger partial charge in [-0.2, -0.15) is 0 Å². The fourth-order valence-electron chi connectivity index (χ4n) is 2.15. The predicted molar refractivity (Wildman–Crippen MR) is 87.8 cm³/mol. The van der Waals surface area contributed by atoms with Crippen molar-refractivity contribution >= 4 is 5.69 Å². The van der Waals surface area contributed by atoms with E-state index in [4.69, 9.17) is 5.73 Å². The number of hydrogen-bond donors (Lipinski definition) is 2. The molecule has 0 radical (unpaired) electrons. The van der Waals surface area contributed by atoms with Crippen LogP contribution in [0.15, 0.2) is 54.6 Å². The number of anilines is 1. The Hall–Kier alpha value is -1.80. The van der Waals surface area contributed by atoms with Crippen molar-refractivity contribution in [2.24, 2.45) is 11.7 Å². The van der Waals surface area contributed by atoms with Crippen LogP contribution in [0.5, 0.6) is 0 Å². The first-order chi connectivity index (χ1) is 9.70. The zero-order valence-corrected chi connectivity index (χ0v) is 12.3. The second-order valence-corrected chi connectivity index (χ2v) is 5.37. The molecule has 20 heavy (non-hydrogen) atoms. The van der Waals surface area contributed by atoms with Gasteiger partial charge in [-0.25, -0.2) is 0 Å². The van der Waals surface area contributed by atoms with Gasteiger partial charge in [0.1, 0.15) is 0 Å². The van der Waals surface area contributed by atoms with Crippen molar-refractivity contribution in [1.29, 1.82) is 0 Å². The highest BCUT2D eigenvalue weighted by Crippen LogP contribution is 2.21. The van der Waals surface area contributed by atoms with Gasteiger partial charge in [0.25, 0.3) is 0 Å². The summed E-state index contributed by atoms with van der Waals surface area (Å²) in [7, 11) is 0. The summed E-state index contributed by atoms with van der Waals surface area (Å²) in [4.78, 5) is 0. The normalized spacial score (nSPS) is 13.8. The molecule has 2 rings (SSSR count). The molecule has 0 amide bonds. The average Bonchev–Trinajstić information content (AvgIpc) is 2.53. The molecule has 0 aliphatic carbocycles. The van der Waals surface area contributed by atoms with E-state index in [0.717, 1.165) is 18.7 Å². The largest absolute Gasteiger partial charge is 0.383 e. The van der Waals surface area contributed by atoms with E-state index >= 15 is 0 Å². The molecular formula is C18H24N2. The molecule has 0 aliphatic heterocycles. The highest BCUT2D eigenvalue weighted by molar-refractivity contribution is 5.65. The quantitative estimate of drug-likeness (QED) is 0.826. The first-order valence-corrected chi connectivity index (χ1v) is 7.35. The predicted octanol–water partition coefficient (Wildman–Crippen LogP) is 4.14. The minimum Gasteiger partial charge on any atom is -0.383 e. The number of rotatable bonds is 6. The minimum absolute atomic E-state index is 0.203. The van der Waals surface area contributed by atoms with Crippen LogP contribution in [0.2, 0.25) is 0 Å². The maximum absolute atomic E-state index is 6.13. The molecule has 2 aromatic rings. The summed E-state index contributed by atoms with van der Waals surface area (Å²) in [6.07, 6.45) is 1.12. The Labute approximate surface area is 122 Å². The van der Waals surface area contributed by atoms with E-state index < -0.39 is 0 Å². The molecule has 0 heterocycles. The van der Waals surface area contributed by atoms with Crippen LogP contribution in [0.4, 0.5) is 5.69 Å². The minimum atomic E-state index is 0.203. The molecule has 106 valence electrons. The Bertz CT molecular complexity index is 505. The number of hydrogen-bond acceptors (Lipinski definition) is 2. The lowest BCUT2D eigenvalue weighted by molar-refractivity contribution is 0.457. The molecule has 0 saturated heterocycles.